The molecule has 1 heterocycles. The number of benzene rings is 1. The van der Waals surface area contributed by atoms with Crippen LogP contribution in [-0.2, 0) is 16.1 Å². The first kappa shape index (κ1) is 18.0. The molecule has 0 spiro atoms. The zero-order valence-corrected chi connectivity index (χ0v) is 15.3. The molecule has 0 radical (unpaired) electrons. The standard InChI is InChI=1S/C19H28N2O4/c1-23-12-14-10-21(11-17(14)19(22)20-15-5-6-15)9-13-4-7-16(24-2)8-18(13)25-3/h4,7-8,14-15,17H,5-6,9-12H2,1-3H3,(H,20,22)/t14-,17+/m0/s1. The molecule has 2 fully saturated rings. The normalized spacial score (nSPS) is 23.5. The quantitative estimate of drug-likeness (QED) is 0.774. The molecule has 6 heteroatoms. The van der Waals surface area contributed by atoms with E-state index in [-0.39, 0.29) is 17.7 Å². The van der Waals surface area contributed by atoms with Gasteiger partial charge in [0, 0.05) is 50.3 Å². The molecule has 1 aromatic rings. The van der Waals surface area contributed by atoms with Crippen LogP contribution in [0.1, 0.15) is 18.4 Å². The minimum Gasteiger partial charge on any atom is -0.497 e. The van der Waals surface area contributed by atoms with E-state index in [1.54, 1.807) is 21.3 Å². The molecule has 1 amide bonds. The zero-order valence-electron chi connectivity index (χ0n) is 15.3. The van der Waals surface area contributed by atoms with Gasteiger partial charge in [-0.25, -0.2) is 0 Å². The van der Waals surface area contributed by atoms with Crippen molar-refractivity contribution in [2.75, 3.05) is 41.0 Å². The van der Waals surface area contributed by atoms with Crippen molar-refractivity contribution in [3.05, 3.63) is 23.8 Å². The van der Waals surface area contributed by atoms with Crippen molar-refractivity contribution >= 4 is 5.91 Å². The van der Waals surface area contributed by atoms with Crippen molar-refractivity contribution in [2.45, 2.75) is 25.4 Å². The smallest absolute Gasteiger partial charge is 0.225 e. The molecule has 1 aromatic carbocycles. The van der Waals surface area contributed by atoms with Gasteiger partial charge in [0.25, 0.3) is 0 Å². The van der Waals surface area contributed by atoms with Crippen LogP contribution >= 0.6 is 0 Å². The van der Waals surface area contributed by atoms with Crippen LogP contribution in [0.3, 0.4) is 0 Å². The van der Waals surface area contributed by atoms with Crippen LogP contribution in [0.2, 0.25) is 0 Å². The van der Waals surface area contributed by atoms with Gasteiger partial charge in [-0.15, -0.1) is 0 Å². The molecule has 1 aliphatic carbocycles. The summed E-state index contributed by atoms with van der Waals surface area (Å²) in [6.07, 6.45) is 2.22. The number of hydrogen-bond acceptors (Lipinski definition) is 5. The highest BCUT2D eigenvalue weighted by Crippen LogP contribution is 2.31. The first-order valence-electron chi connectivity index (χ1n) is 8.87. The fraction of sp³-hybridized carbons (Fsp3) is 0.632. The van der Waals surface area contributed by atoms with Crippen molar-refractivity contribution < 1.29 is 19.0 Å². The van der Waals surface area contributed by atoms with Gasteiger partial charge >= 0.3 is 0 Å². The predicted molar refractivity (Wildman–Crippen MR) is 94.8 cm³/mol. The van der Waals surface area contributed by atoms with Crippen molar-refractivity contribution in [1.82, 2.24) is 10.2 Å². The Balaban J connectivity index is 1.67. The first-order valence-corrected chi connectivity index (χ1v) is 8.87. The second-order valence-electron chi connectivity index (χ2n) is 6.98. The molecule has 2 aliphatic rings. The van der Waals surface area contributed by atoms with Crippen LogP contribution in [0.25, 0.3) is 0 Å². The average Bonchev–Trinajstić information content (AvgIpc) is 3.34. The molecule has 6 nitrogen and oxygen atoms in total. The lowest BCUT2D eigenvalue weighted by atomic mass is 9.96. The van der Waals surface area contributed by atoms with Crippen molar-refractivity contribution in [2.24, 2.45) is 11.8 Å². The van der Waals surface area contributed by atoms with E-state index >= 15 is 0 Å². The van der Waals surface area contributed by atoms with Crippen LogP contribution in [0, 0.1) is 11.8 Å². The van der Waals surface area contributed by atoms with E-state index in [1.807, 2.05) is 18.2 Å². The molecular formula is C19H28N2O4. The Labute approximate surface area is 149 Å². The van der Waals surface area contributed by atoms with Crippen LogP contribution < -0.4 is 14.8 Å². The van der Waals surface area contributed by atoms with E-state index < -0.39 is 0 Å². The SMILES string of the molecule is COC[C@@H]1CN(Cc2ccc(OC)cc2OC)C[C@H]1C(=O)NC1CC1. The summed E-state index contributed by atoms with van der Waals surface area (Å²) in [5, 5.41) is 3.14. The van der Waals surface area contributed by atoms with Gasteiger partial charge in [-0.3, -0.25) is 9.69 Å². The number of amides is 1. The molecule has 1 N–H and O–H groups in total. The molecular weight excluding hydrogens is 320 g/mol. The number of carbonyl (C=O) groups is 1. The summed E-state index contributed by atoms with van der Waals surface area (Å²) in [5.41, 5.74) is 1.10. The third kappa shape index (κ3) is 4.44. The summed E-state index contributed by atoms with van der Waals surface area (Å²) < 4.78 is 16.1. The van der Waals surface area contributed by atoms with E-state index in [2.05, 4.69) is 10.2 Å². The molecule has 138 valence electrons. The number of rotatable bonds is 8. The minimum absolute atomic E-state index is 0.00945. The molecule has 1 saturated carbocycles. The summed E-state index contributed by atoms with van der Waals surface area (Å²) in [4.78, 5) is 14.9. The Morgan fingerprint density at radius 2 is 2.00 bits per heavy atom. The maximum Gasteiger partial charge on any atom is 0.225 e. The zero-order chi connectivity index (χ0) is 17.8. The van der Waals surface area contributed by atoms with Gasteiger partial charge in [-0.05, 0) is 18.9 Å². The molecule has 25 heavy (non-hydrogen) atoms. The predicted octanol–water partition coefficient (Wildman–Crippen LogP) is 1.68. The van der Waals surface area contributed by atoms with Crippen molar-refractivity contribution in [1.29, 1.82) is 0 Å². The lowest BCUT2D eigenvalue weighted by molar-refractivity contribution is -0.126. The van der Waals surface area contributed by atoms with E-state index in [4.69, 9.17) is 14.2 Å². The van der Waals surface area contributed by atoms with Crippen LogP contribution in [0.4, 0.5) is 0 Å². The highest BCUT2D eigenvalue weighted by molar-refractivity contribution is 5.80. The van der Waals surface area contributed by atoms with Gasteiger partial charge in [-0.1, -0.05) is 6.07 Å². The highest BCUT2D eigenvalue weighted by Gasteiger charge is 2.39. The van der Waals surface area contributed by atoms with Gasteiger partial charge in [0.2, 0.25) is 5.91 Å². The lowest BCUT2D eigenvalue weighted by Gasteiger charge is -2.18. The Kier molecular flexibility index (Phi) is 5.81. The summed E-state index contributed by atoms with van der Waals surface area (Å²) in [6, 6.07) is 6.26. The van der Waals surface area contributed by atoms with Crippen LogP contribution in [-0.4, -0.2) is 57.9 Å². The number of methoxy groups -OCH3 is 3. The number of nitrogens with zero attached hydrogens (tertiary/aromatic N) is 1. The molecule has 0 aromatic heterocycles. The molecule has 2 atom stereocenters. The average molecular weight is 348 g/mol. The maximum absolute atomic E-state index is 12.6. The van der Waals surface area contributed by atoms with Gasteiger partial charge in [0.05, 0.1) is 26.7 Å². The van der Waals surface area contributed by atoms with Gasteiger partial charge in [0.15, 0.2) is 0 Å². The third-order valence-corrected chi connectivity index (χ3v) is 5.05. The summed E-state index contributed by atoms with van der Waals surface area (Å²) in [7, 11) is 5.01. The van der Waals surface area contributed by atoms with Crippen molar-refractivity contribution in [3.63, 3.8) is 0 Å². The molecule has 1 saturated heterocycles. The number of hydrogen-bond donors (Lipinski definition) is 1. The fourth-order valence-corrected chi connectivity index (χ4v) is 3.53. The largest absolute Gasteiger partial charge is 0.497 e. The Morgan fingerprint density at radius 3 is 2.64 bits per heavy atom. The molecule has 0 bridgehead atoms. The Hall–Kier alpha value is -1.79. The van der Waals surface area contributed by atoms with Gasteiger partial charge < -0.3 is 19.5 Å². The number of nitrogens with one attached hydrogen (secondary N) is 1. The summed E-state index contributed by atoms with van der Waals surface area (Å²) in [5.74, 6) is 1.99. The van der Waals surface area contributed by atoms with E-state index in [0.717, 1.165) is 49.5 Å². The Morgan fingerprint density at radius 1 is 1.20 bits per heavy atom. The second-order valence-corrected chi connectivity index (χ2v) is 6.98. The van der Waals surface area contributed by atoms with Crippen LogP contribution in [0.15, 0.2) is 18.2 Å². The van der Waals surface area contributed by atoms with Gasteiger partial charge in [0.1, 0.15) is 11.5 Å². The summed E-state index contributed by atoms with van der Waals surface area (Å²) >= 11 is 0. The topological polar surface area (TPSA) is 60.0 Å². The first-order chi connectivity index (χ1) is 12.1. The fourth-order valence-electron chi connectivity index (χ4n) is 3.53. The molecule has 3 rings (SSSR count). The van der Waals surface area contributed by atoms with E-state index in [9.17, 15) is 4.79 Å². The van der Waals surface area contributed by atoms with Crippen LogP contribution in [0.5, 0.6) is 11.5 Å². The lowest BCUT2D eigenvalue weighted by Crippen LogP contribution is -2.37. The third-order valence-electron chi connectivity index (χ3n) is 5.05. The minimum atomic E-state index is -0.00945. The summed E-state index contributed by atoms with van der Waals surface area (Å²) in [6.45, 7) is 2.97. The molecule has 0 unspecified atom stereocenters. The van der Waals surface area contributed by atoms with E-state index in [0.29, 0.717) is 12.6 Å². The second kappa shape index (κ2) is 8.06. The number of ether oxygens (including phenoxy) is 3. The maximum atomic E-state index is 12.6. The number of carbonyl (C=O) groups excluding carboxylic acids is 1. The van der Waals surface area contributed by atoms with Gasteiger partial charge in [-0.2, -0.15) is 0 Å². The van der Waals surface area contributed by atoms with Crippen molar-refractivity contribution in [3.8, 4) is 11.5 Å². The monoisotopic (exact) mass is 348 g/mol. The molecule has 1 aliphatic heterocycles. The number of likely N-dealkylation sites (tertiary alicyclic amines) is 1. The Bertz CT molecular complexity index is 603. The highest BCUT2D eigenvalue weighted by atomic mass is 16.5. The van der Waals surface area contributed by atoms with E-state index in [1.165, 1.54) is 0 Å².